The molecule has 20 heavy (non-hydrogen) atoms. The monoisotopic (exact) mass is 268 g/mol. The van der Waals surface area contributed by atoms with Gasteiger partial charge in [0.05, 0.1) is 20.5 Å². The third-order valence-corrected chi connectivity index (χ3v) is 2.85. The Balaban J connectivity index is 2.34. The third-order valence-electron chi connectivity index (χ3n) is 2.85. The molecule has 0 fully saturated rings. The molecule has 0 atom stereocenters. The summed E-state index contributed by atoms with van der Waals surface area (Å²) in [6.07, 6.45) is 1.48. The molecule has 0 spiro atoms. The van der Waals surface area contributed by atoms with Crippen molar-refractivity contribution in [3.05, 3.63) is 41.5 Å². The second-order valence-corrected chi connectivity index (χ2v) is 3.98. The van der Waals surface area contributed by atoms with Crippen molar-refractivity contribution in [2.75, 3.05) is 14.2 Å². The van der Waals surface area contributed by atoms with E-state index in [0.29, 0.717) is 18.0 Å². The van der Waals surface area contributed by atoms with E-state index in [0.717, 1.165) is 5.56 Å². The smallest absolute Gasteiger partial charge is 0.176 e. The average molecular weight is 268 g/mol. The number of ether oxygens (including phenoxy) is 2. The number of nitrogens with zero attached hydrogens (tertiary/aromatic N) is 4. The second-order valence-electron chi connectivity index (χ2n) is 3.98. The van der Waals surface area contributed by atoms with Crippen molar-refractivity contribution in [3.63, 3.8) is 0 Å². The summed E-state index contributed by atoms with van der Waals surface area (Å²) in [6.45, 7) is 0.428. The summed E-state index contributed by atoms with van der Waals surface area (Å²) >= 11 is 0. The SMILES string of the molecule is COc1ccc(Cn2cnc(C#N)c2C#N)cc1OC. The van der Waals surface area contributed by atoms with Crippen LogP contribution in [0.25, 0.3) is 0 Å². The normalized spacial score (nSPS) is 9.60. The van der Waals surface area contributed by atoms with Gasteiger partial charge >= 0.3 is 0 Å². The highest BCUT2D eigenvalue weighted by Crippen LogP contribution is 2.28. The molecule has 0 aliphatic heterocycles. The van der Waals surface area contributed by atoms with Gasteiger partial charge in [-0.15, -0.1) is 0 Å². The van der Waals surface area contributed by atoms with Crippen molar-refractivity contribution >= 4 is 0 Å². The highest BCUT2D eigenvalue weighted by molar-refractivity contribution is 5.43. The molecule has 100 valence electrons. The number of rotatable bonds is 4. The van der Waals surface area contributed by atoms with Crippen LogP contribution in [-0.2, 0) is 6.54 Å². The number of nitriles is 2. The number of hydrogen-bond acceptors (Lipinski definition) is 5. The highest BCUT2D eigenvalue weighted by atomic mass is 16.5. The minimum absolute atomic E-state index is 0.132. The van der Waals surface area contributed by atoms with Crippen LogP contribution < -0.4 is 9.47 Å². The van der Waals surface area contributed by atoms with E-state index < -0.39 is 0 Å². The Hall–Kier alpha value is -2.99. The molecule has 2 aromatic rings. The molecule has 6 heteroatoms. The molecule has 0 radical (unpaired) electrons. The van der Waals surface area contributed by atoms with E-state index in [9.17, 15) is 0 Å². The Morgan fingerprint density at radius 1 is 1.15 bits per heavy atom. The van der Waals surface area contributed by atoms with Gasteiger partial charge in [0.2, 0.25) is 0 Å². The number of aromatic nitrogens is 2. The first-order valence-electron chi connectivity index (χ1n) is 5.79. The predicted octanol–water partition coefficient (Wildman–Crippen LogP) is 1.69. The van der Waals surface area contributed by atoms with Gasteiger partial charge in [0.15, 0.2) is 22.9 Å². The Morgan fingerprint density at radius 3 is 2.50 bits per heavy atom. The zero-order chi connectivity index (χ0) is 14.5. The van der Waals surface area contributed by atoms with E-state index >= 15 is 0 Å². The second kappa shape index (κ2) is 5.77. The molecule has 2 rings (SSSR count). The lowest BCUT2D eigenvalue weighted by Gasteiger charge is -2.10. The van der Waals surface area contributed by atoms with Crippen molar-refractivity contribution in [2.45, 2.75) is 6.54 Å². The number of benzene rings is 1. The van der Waals surface area contributed by atoms with Gasteiger partial charge in [-0.3, -0.25) is 0 Å². The highest BCUT2D eigenvalue weighted by Gasteiger charge is 2.11. The maximum absolute atomic E-state index is 9.07. The topological polar surface area (TPSA) is 83.9 Å². The fourth-order valence-corrected chi connectivity index (χ4v) is 1.88. The molecule has 1 heterocycles. The molecular weight excluding hydrogens is 256 g/mol. The minimum atomic E-state index is 0.132. The van der Waals surface area contributed by atoms with E-state index in [-0.39, 0.29) is 11.4 Å². The van der Waals surface area contributed by atoms with E-state index in [1.165, 1.54) is 6.33 Å². The molecule has 0 N–H and O–H groups in total. The first-order valence-corrected chi connectivity index (χ1v) is 5.79. The van der Waals surface area contributed by atoms with Crippen molar-refractivity contribution in [1.82, 2.24) is 9.55 Å². The Kier molecular flexibility index (Phi) is 3.88. The molecule has 0 amide bonds. The Morgan fingerprint density at radius 2 is 1.90 bits per heavy atom. The lowest BCUT2D eigenvalue weighted by Crippen LogP contribution is -2.02. The Labute approximate surface area is 116 Å². The van der Waals surface area contributed by atoms with Crippen LogP contribution in [-0.4, -0.2) is 23.8 Å². The largest absolute Gasteiger partial charge is 0.493 e. The van der Waals surface area contributed by atoms with Crippen molar-refractivity contribution in [3.8, 4) is 23.6 Å². The number of imidazole rings is 1. The van der Waals surface area contributed by atoms with E-state index in [4.69, 9.17) is 20.0 Å². The van der Waals surface area contributed by atoms with Crippen molar-refractivity contribution in [2.24, 2.45) is 0 Å². The molecule has 0 aliphatic carbocycles. The summed E-state index contributed by atoms with van der Waals surface area (Å²) in [5.41, 5.74) is 1.30. The maximum Gasteiger partial charge on any atom is 0.176 e. The van der Waals surface area contributed by atoms with Gasteiger partial charge in [0.25, 0.3) is 0 Å². The third kappa shape index (κ3) is 2.40. The first kappa shape index (κ1) is 13.4. The van der Waals surface area contributed by atoms with Crippen molar-refractivity contribution < 1.29 is 9.47 Å². The zero-order valence-corrected chi connectivity index (χ0v) is 11.1. The molecule has 0 bridgehead atoms. The number of methoxy groups -OCH3 is 2. The fourth-order valence-electron chi connectivity index (χ4n) is 1.88. The lowest BCUT2D eigenvalue weighted by molar-refractivity contribution is 0.354. The summed E-state index contributed by atoms with van der Waals surface area (Å²) < 4.78 is 12.0. The van der Waals surface area contributed by atoms with Gasteiger partial charge in [0, 0.05) is 6.54 Å². The van der Waals surface area contributed by atoms with E-state index in [2.05, 4.69) is 4.98 Å². The summed E-state index contributed by atoms with van der Waals surface area (Å²) in [5, 5.41) is 17.9. The van der Waals surface area contributed by atoms with Crippen LogP contribution in [0.3, 0.4) is 0 Å². The summed E-state index contributed by atoms with van der Waals surface area (Å²) in [7, 11) is 3.13. The van der Waals surface area contributed by atoms with Crippen molar-refractivity contribution in [1.29, 1.82) is 10.5 Å². The van der Waals surface area contributed by atoms with Gasteiger partial charge < -0.3 is 14.0 Å². The molecule has 0 saturated heterocycles. The van der Waals surface area contributed by atoms with Crippen LogP contribution in [0.5, 0.6) is 11.5 Å². The molecule has 0 aliphatic rings. The van der Waals surface area contributed by atoms with Crippen LogP contribution in [0.15, 0.2) is 24.5 Å². The van der Waals surface area contributed by atoms with Crippen LogP contribution in [0.4, 0.5) is 0 Å². The van der Waals surface area contributed by atoms with Gasteiger partial charge in [-0.2, -0.15) is 10.5 Å². The lowest BCUT2D eigenvalue weighted by atomic mass is 10.2. The summed E-state index contributed by atoms with van der Waals surface area (Å²) in [5.74, 6) is 1.25. The quantitative estimate of drug-likeness (QED) is 0.842. The van der Waals surface area contributed by atoms with Gasteiger partial charge in [-0.25, -0.2) is 4.98 Å². The summed E-state index contributed by atoms with van der Waals surface area (Å²) in [6, 6.07) is 9.37. The molecule has 1 aromatic heterocycles. The standard InChI is InChI=1S/C14H12N4O2/c1-19-13-4-3-10(5-14(13)20-2)8-18-9-17-11(6-15)12(18)7-16/h3-5,9H,8H2,1-2H3. The van der Waals surface area contributed by atoms with Crippen LogP contribution in [0, 0.1) is 22.7 Å². The van der Waals surface area contributed by atoms with Crippen LogP contribution in [0.2, 0.25) is 0 Å². The minimum Gasteiger partial charge on any atom is -0.493 e. The van der Waals surface area contributed by atoms with Crippen LogP contribution in [0.1, 0.15) is 17.0 Å². The zero-order valence-electron chi connectivity index (χ0n) is 11.1. The summed E-state index contributed by atoms with van der Waals surface area (Å²) in [4.78, 5) is 3.90. The molecule has 0 unspecified atom stereocenters. The maximum atomic E-state index is 9.07. The van der Waals surface area contributed by atoms with Gasteiger partial charge in [-0.05, 0) is 17.7 Å². The average Bonchev–Trinajstić information content (AvgIpc) is 2.88. The van der Waals surface area contributed by atoms with Gasteiger partial charge in [0.1, 0.15) is 12.1 Å². The van der Waals surface area contributed by atoms with Crippen LogP contribution >= 0.6 is 0 Å². The Bertz CT molecular complexity index is 707. The first-order chi connectivity index (χ1) is 9.73. The molecule has 0 saturated carbocycles. The molecule has 1 aromatic carbocycles. The van der Waals surface area contributed by atoms with E-state index in [1.54, 1.807) is 24.9 Å². The number of hydrogen-bond donors (Lipinski definition) is 0. The molecule has 6 nitrogen and oxygen atoms in total. The fraction of sp³-hybridized carbons (Fsp3) is 0.214. The molecular formula is C14H12N4O2. The van der Waals surface area contributed by atoms with Gasteiger partial charge in [-0.1, -0.05) is 6.07 Å². The predicted molar refractivity (Wildman–Crippen MR) is 70.3 cm³/mol. The van der Waals surface area contributed by atoms with E-state index in [1.807, 2.05) is 24.3 Å².